The highest BCUT2D eigenvalue weighted by Gasteiger charge is 2.06. The standard InChI is InChI=1S/C19H19N3/c1-14-8-4-7-11-17(14)20-21-18-12-13-19(22(2)3)16-10-6-5-9-15(16)18/h4-13H,1-3H3/b21-20+. The first-order chi connectivity index (χ1) is 10.7. The van der Waals surface area contributed by atoms with Crippen LogP contribution in [-0.4, -0.2) is 14.1 Å². The molecule has 0 bridgehead atoms. The highest BCUT2D eigenvalue weighted by Crippen LogP contribution is 2.34. The first-order valence-electron chi connectivity index (χ1n) is 7.33. The van der Waals surface area contributed by atoms with E-state index in [1.54, 1.807) is 0 Å². The number of rotatable bonds is 3. The average molecular weight is 289 g/mol. The van der Waals surface area contributed by atoms with Gasteiger partial charge >= 0.3 is 0 Å². The molecule has 0 aliphatic carbocycles. The molecule has 110 valence electrons. The van der Waals surface area contributed by atoms with E-state index in [4.69, 9.17) is 0 Å². The molecule has 3 nitrogen and oxygen atoms in total. The molecule has 0 aliphatic rings. The van der Waals surface area contributed by atoms with Crippen molar-refractivity contribution in [1.82, 2.24) is 0 Å². The van der Waals surface area contributed by atoms with Gasteiger partial charge in [0.2, 0.25) is 0 Å². The molecule has 0 saturated heterocycles. The van der Waals surface area contributed by atoms with Crippen LogP contribution in [-0.2, 0) is 0 Å². The highest BCUT2D eigenvalue weighted by atomic mass is 15.1. The van der Waals surface area contributed by atoms with E-state index >= 15 is 0 Å². The zero-order valence-corrected chi connectivity index (χ0v) is 13.1. The van der Waals surface area contributed by atoms with Crippen molar-refractivity contribution in [2.24, 2.45) is 10.2 Å². The molecule has 0 saturated carbocycles. The average Bonchev–Trinajstić information content (AvgIpc) is 2.53. The summed E-state index contributed by atoms with van der Waals surface area (Å²) >= 11 is 0. The van der Waals surface area contributed by atoms with Crippen LogP contribution in [0.1, 0.15) is 5.56 Å². The van der Waals surface area contributed by atoms with Crippen molar-refractivity contribution in [2.45, 2.75) is 6.92 Å². The predicted molar refractivity (Wildman–Crippen MR) is 93.6 cm³/mol. The Morgan fingerprint density at radius 2 is 1.32 bits per heavy atom. The fraction of sp³-hybridized carbons (Fsp3) is 0.158. The quantitative estimate of drug-likeness (QED) is 0.574. The van der Waals surface area contributed by atoms with Crippen molar-refractivity contribution >= 4 is 27.8 Å². The van der Waals surface area contributed by atoms with Crippen LogP contribution in [0.3, 0.4) is 0 Å². The Labute approximate surface area is 130 Å². The van der Waals surface area contributed by atoms with Gasteiger partial charge < -0.3 is 4.90 Å². The third-order valence-corrected chi connectivity index (χ3v) is 3.74. The van der Waals surface area contributed by atoms with Gasteiger partial charge in [0.25, 0.3) is 0 Å². The summed E-state index contributed by atoms with van der Waals surface area (Å²) in [6.07, 6.45) is 0. The zero-order chi connectivity index (χ0) is 15.5. The molecule has 3 rings (SSSR count). The summed E-state index contributed by atoms with van der Waals surface area (Å²) in [7, 11) is 4.10. The van der Waals surface area contributed by atoms with Crippen molar-refractivity contribution in [3.8, 4) is 0 Å². The van der Waals surface area contributed by atoms with E-state index in [2.05, 4.69) is 53.5 Å². The topological polar surface area (TPSA) is 28.0 Å². The van der Waals surface area contributed by atoms with Gasteiger partial charge in [-0.05, 0) is 30.7 Å². The van der Waals surface area contributed by atoms with Crippen LogP contribution in [0.5, 0.6) is 0 Å². The second-order valence-electron chi connectivity index (χ2n) is 5.53. The minimum absolute atomic E-state index is 0.893. The Balaban J connectivity index is 2.09. The smallest absolute Gasteiger partial charge is 0.0936 e. The lowest BCUT2D eigenvalue weighted by molar-refractivity contribution is 1.14. The monoisotopic (exact) mass is 289 g/mol. The van der Waals surface area contributed by atoms with Crippen LogP contribution in [0.2, 0.25) is 0 Å². The summed E-state index contributed by atoms with van der Waals surface area (Å²) in [6.45, 7) is 2.04. The number of aryl methyl sites for hydroxylation is 1. The molecule has 0 atom stereocenters. The summed E-state index contributed by atoms with van der Waals surface area (Å²) < 4.78 is 0. The maximum Gasteiger partial charge on any atom is 0.0936 e. The molecule has 0 heterocycles. The lowest BCUT2D eigenvalue weighted by Crippen LogP contribution is -2.08. The molecule has 0 amide bonds. The number of fused-ring (bicyclic) bond motifs is 1. The summed E-state index contributed by atoms with van der Waals surface area (Å²) in [5, 5.41) is 11.2. The Bertz CT molecular complexity index is 835. The van der Waals surface area contributed by atoms with Crippen LogP contribution < -0.4 is 4.90 Å². The number of hydrogen-bond acceptors (Lipinski definition) is 3. The Kier molecular flexibility index (Phi) is 3.88. The van der Waals surface area contributed by atoms with Crippen LogP contribution in [0.15, 0.2) is 70.9 Å². The fourth-order valence-corrected chi connectivity index (χ4v) is 2.53. The second kappa shape index (κ2) is 5.98. The molecule has 3 aromatic carbocycles. The van der Waals surface area contributed by atoms with Crippen LogP contribution in [0.25, 0.3) is 10.8 Å². The molecular formula is C19H19N3. The normalized spacial score (nSPS) is 11.2. The number of azo groups is 1. The third-order valence-electron chi connectivity index (χ3n) is 3.74. The number of anilines is 1. The van der Waals surface area contributed by atoms with Crippen molar-refractivity contribution in [2.75, 3.05) is 19.0 Å². The molecule has 0 fully saturated rings. The predicted octanol–water partition coefficient (Wildman–Crippen LogP) is 5.63. The molecule has 0 aromatic heterocycles. The van der Waals surface area contributed by atoms with Gasteiger partial charge in [-0.1, -0.05) is 42.5 Å². The fourth-order valence-electron chi connectivity index (χ4n) is 2.53. The Hall–Kier alpha value is -2.68. The largest absolute Gasteiger partial charge is 0.377 e. The third kappa shape index (κ3) is 2.70. The van der Waals surface area contributed by atoms with Crippen molar-refractivity contribution in [3.05, 3.63) is 66.2 Å². The molecule has 0 radical (unpaired) electrons. The summed E-state index contributed by atoms with van der Waals surface area (Å²) in [6, 6.07) is 20.4. The van der Waals surface area contributed by atoms with Crippen LogP contribution in [0.4, 0.5) is 17.1 Å². The van der Waals surface area contributed by atoms with E-state index in [9.17, 15) is 0 Å². The van der Waals surface area contributed by atoms with Gasteiger partial charge in [0.05, 0.1) is 11.4 Å². The molecule has 0 N–H and O–H groups in total. The SMILES string of the molecule is Cc1ccccc1/N=N/c1ccc(N(C)C)c2ccccc12. The first kappa shape index (κ1) is 14.3. The minimum atomic E-state index is 0.893. The van der Waals surface area contributed by atoms with E-state index in [-0.39, 0.29) is 0 Å². The Morgan fingerprint density at radius 1 is 0.682 bits per heavy atom. The lowest BCUT2D eigenvalue weighted by Gasteiger charge is -2.16. The van der Waals surface area contributed by atoms with Gasteiger partial charge in [-0.15, -0.1) is 5.11 Å². The second-order valence-corrected chi connectivity index (χ2v) is 5.53. The van der Waals surface area contributed by atoms with Gasteiger partial charge in [-0.2, -0.15) is 5.11 Å². The number of nitrogens with zero attached hydrogens (tertiary/aromatic N) is 3. The van der Waals surface area contributed by atoms with Gasteiger partial charge in [-0.25, -0.2) is 0 Å². The van der Waals surface area contributed by atoms with Gasteiger partial charge in [0, 0.05) is 30.6 Å². The summed E-state index contributed by atoms with van der Waals surface area (Å²) in [5.74, 6) is 0. The maximum atomic E-state index is 4.47. The number of benzene rings is 3. The summed E-state index contributed by atoms with van der Waals surface area (Å²) in [4.78, 5) is 2.12. The van der Waals surface area contributed by atoms with Gasteiger partial charge in [0.15, 0.2) is 0 Å². The van der Waals surface area contributed by atoms with Crippen LogP contribution in [0, 0.1) is 6.92 Å². The van der Waals surface area contributed by atoms with Crippen molar-refractivity contribution in [3.63, 3.8) is 0 Å². The molecule has 0 aliphatic heterocycles. The Morgan fingerprint density at radius 3 is 2.05 bits per heavy atom. The molecule has 0 unspecified atom stereocenters. The molecule has 0 spiro atoms. The number of hydrogen-bond donors (Lipinski definition) is 0. The molecule has 3 heteroatoms. The van der Waals surface area contributed by atoms with Gasteiger partial charge in [-0.3, -0.25) is 0 Å². The maximum absolute atomic E-state index is 4.47. The van der Waals surface area contributed by atoms with E-state index in [0.29, 0.717) is 0 Å². The van der Waals surface area contributed by atoms with Crippen molar-refractivity contribution in [1.29, 1.82) is 0 Å². The summed E-state index contributed by atoms with van der Waals surface area (Å²) in [5.41, 5.74) is 4.11. The molecule has 3 aromatic rings. The highest BCUT2D eigenvalue weighted by molar-refractivity contribution is 6.01. The van der Waals surface area contributed by atoms with E-state index < -0.39 is 0 Å². The van der Waals surface area contributed by atoms with Crippen molar-refractivity contribution < 1.29 is 0 Å². The lowest BCUT2D eigenvalue weighted by atomic mass is 10.1. The van der Waals surface area contributed by atoms with E-state index in [1.807, 2.05) is 43.3 Å². The molecule has 22 heavy (non-hydrogen) atoms. The zero-order valence-electron chi connectivity index (χ0n) is 13.1. The van der Waals surface area contributed by atoms with Gasteiger partial charge in [0.1, 0.15) is 0 Å². The minimum Gasteiger partial charge on any atom is -0.377 e. The van der Waals surface area contributed by atoms with Crippen LogP contribution >= 0.6 is 0 Å². The van der Waals surface area contributed by atoms with E-state index in [0.717, 1.165) is 22.3 Å². The molecular weight excluding hydrogens is 270 g/mol. The first-order valence-corrected chi connectivity index (χ1v) is 7.33. The van der Waals surface area contributed by atoms with E-state index in [1.165, 1.54) is 11.1 Å².